The maximum absolute atomic E-state index is 12.7. The first-order chi connectivity index (χ1) is 12.1. The molecule has 0 spiro atoms. The van der Waals surface area contributed by atoms with Gasteiger partial charge >= 0.3 is 11.9 Å². The standard InChI is InChI=1S/C16H16F3N3O4/c1-8(5-6-9-3-2-4-10(7-9)16(17,18)19)20-13(24)11-12(23)14(25)22-15(26)21-11/h2-4,7-8,23H,5-6H2,1H3,(H,20,24)(H2,21,22,25,26). The number of aromatic amines is 2. The topological polar surface area (TPSA) is 115 Å². The molecule has 1 heterocycles. The third-order valence-electron chi connectivity index (χ3n) is 3.64. The van der Waals surface area contributed by atoms with E-state index in [1.807, 2.05) is 4.98 Å². The first-order valence-corrected chi connectivity index (χ1v) is 7.60. The van der Waals surface area contributed by atoms with Crippen LogP contribution in [0.25, 0.3) is 0 Å². The summed E-state index contributed by atoms with van der Waals surface area (Å²) in [4.78, 5) is 38.3. The molecule has 1 amide bonds. The number of hydrogen-bond acceptors (Lipinski definition) is 4. The van der Waals surface area contributed by atoms with Gasteiger partial charge in [0.05, 0.1) is 5.56 Å². The summed E-state index contributed by atoms with van der Waals surface area (Å²) in [6, 6.07) is 4.37. The third kappa shape index (κ3) is 4.74. The van der Waals surface area contributed by atoms with Crippen LogP contribution >= 0.6 is 0 Å². The van der Waals surface area contributed by atoms with Gasteiger partial charge in [0.2, 0.25) is 5.75 Å². The second kappa shape index (κ2) is 7.46. The van der Waals surface area contributed by atoms with E-state index in [1.54, 1.807) is 18.0 Å². The summed E-state index contributed by atoms with van der Waals surface area (Å²) in [5, 5.41) is 12.0. The quantitative estimate of drug-likeness (QED) is 0.638. The summed E-state index contributed by atoms with van der Waals surface area (Å²) in [5.74, 6) is -1.80. The number of hydrogen-bond donors (Lipinski definition) is 4. The Labute approximate surface area is 144 Å². The highest BCUT2D eigenvalue weighted by Gasteiger charge is 2.30. The van der Waals surface area contributed by atoms with Gasteiger partial charge in [-0.25, -0.2) is 4.79 Å². The minimum atomic E-state index is -4.43. The molecule has 2 aromatic rings. The summed E-state index contributed by atoms with van der Waals surface area (Å²) in [7, 11) is 0. The summed E-state index contributed by atoms with van der Waals surface area (Å²) in [5.41, 5.74) is -2.93. The maximum Gasteiger partial charge on any atom is 0.416 e. The number of H-pyrrole nitrogens is 2. The van der Waals surface area contributed by atoms with Crippen LogP contribution in [0.2, 0.25) is 0 Å². The van der Waals surface area contributed by atoms with Crippen LogP contribution in [0.4, 0.5) is 13.2 Å². The van der Waals surface area contributed by atoms with Gasteiger partial charge in [-0.05, 0) is 31.4 Å². The molecule has 0 bridgehead atoms. The van der Waals surface area contributed by atoms with Crippen molar-refractivity contribution in [1.29, 1.82) is 0 Å². The Morgan fingerprint density at radius 3 is 2.62 bits per heavy atom. The monoisotopic (exact) mass is 371 g/mol. The number of aromatic hydroxyl groups is 1. The molecule has 10 heteroatoms. The average Bonchev–Trinajstić information content (AvgIpc) is 2.55. The molecule has 0 aliphatic rings. The lowest BCUT2D eigenvalue weighted by Gasteiger charge is -2.14. The number of rotatable bonds is 5. The fourth-order valence-corrected chi connectivity index (χ4v) is 2.30. The smallest absolute Gasteiger partial charge is 0.416 e. The Balaban J connectivity index is 2.01. The predicted octanol–water partition coefficient (Wildman–Crippen LogP) is 1.54. The Morgan fingerprint density at radius 2 is 1.96 bits per heavy atom. The van der Waals surface area contributed by atoms with Crippen LogP contribution in [0.1, 0.15) is 35.0 Å². The van der Waals surface area contributed by atoms with E-state index in [-0.39, 0.29) is 6.42 Å². The van der Waals surface area contributed by atoms with Crippen molar-refractivity contribution in [2.24, 2.45) is 0 Å². The van der Waals surface area contributed by atoms with Gasteiger partial charge in [0.15, 0.2) is 5.69 Å². The second-order valence-corrected chi connectivity index (χ2v) is 5.74. The van der Waals surface area contributed by atoms with E-state index in [2.05, 4.69) is 5.32 Å². The number of alkyl halides is 3. The molecule has 0 fully saturated rings. The molecule has 140 valence electrons. The minimum Gasteiger partial charge on any atom is -0.501 e. The van der Waals surface area contributed by atoms with Crippen LogP contribution in [0.3, 0.4) is 0 Å². The second-order valence-electron chi connectivity index (χ2n) is 5.74. The summed E-state index contributed by atoms with van der Waals surface area (Å²) in [6.45, 7) is 1.60. The Hall–Kier alpha value is -3.04. The summed E-state index contributed by atoms with van der Waals surface area (Å²) >= 11 is 0. The Kier molecular flexibility index (Phi) is 5.53. The van der Waals surface area contributed by atoms with Gasteiger partial charge < -0.3 is 10.4 Å². The van der Waals surface area contributed by atoms with Crippen molar-refractivity contribution in [1.82, 2.24) is 15.3 Å². The van der Waals surface area contributed by atoms with Gasteiger partial charge in [-0.15, -0.1) is 0 Å². The molecular formula is C16H16F3N3O4. The number of amides is 1. The zero-order valence-electron chi connectivity index (χ0n) is 13.6. The molecule has 4 N–H and O–H groups in total. The van der Waals surface area contributed by atoms with E-state index in [0.717, 1.165) is 12.1 Å². The number of benzene rings is 1. The maximum atomic E-state index is 12.7. The molecule has 0 saturated carbocycles. The van der Waals surface area contributed by atoms with E-state index in [4.69, 9.17) is 0 Å². The van der Waals surface area contributed by atoms with E-state index < -0.39 is 46.4 Å². The van der Waals surface area contributed by atoms with E-state index in [1.165, 1.54) is 6.07 Å². The van der Waals surface area contributed by atoms with Crippen molar-refractivity contribution in [2.75, 3.05) is 0 Å². The van der Waals surface area contributed by atoms with Crippen molar-refractivity contribution in [3.63, 3.8) is 0 Å². The Bertz CT molecular complexity index is 918. The van der Waals surface area contributed by atoms with Crippen molar-refractivity contribution in [2.45, 2.75) is 32.0 Å². The molecule has 1 atom stereocenters. The molecule has 1 unspecified atom stereocenters. The zero-order chi connectivity index (χ0) is 19.5. The Morgan fingerprint density at radius 1 is 1.27 bits per heavy atom. The van der Waals surface area contributed by atoms with Gasteiger partial charge in [-0.2, -0.15) is 13.2 Å². The van der Waals surface area contributed by atoms with E-state index in [9.17, 15) is 32.7 Å². The highest BCUT2D eigenvalue weighted by molar-refractivity contribution is 5.94. The van der Waals surface area contributed by atoms with Gasteiger partial charge in [-0.3, -0.25) is 19.6 Å². The first kappa shape index (κ1) is 19.3. The normalized spacial score (nSPS) is 12.6. The minimum absolute atomic E-state index is 0.267. The number of halogens is 3. The van der Waals surface area contributed by atoms with E-state index in [0.29, 0.717) is 12.0 Å². The molecule has 0 aliphatic heterocycles. The number of aryl methyl sites for hydroxylation is 1. The fourth-order valence-electron chi connectivity index (χ4n) is 2.30. The van der Waals surface area contributed by atoms with Crippen molar-refractivity contribution in [3.8, 4) is 5.75 Å². The molecule has 0 radical (unpaired) electrons. The van der Waals surface area contributed by atoms with E-state index >= 15 is 0 Å². The fraction of sp³-hybridized carbons (Fsp3) is 0.312. The van der Waals surface area contributed by atoms with Gasteiger partial charge in [0, 0.05) is 6.04 Å². The molecule has 7 nitrogen and oxygen atoms in total. The van der Waals surface area contributed by atoms with Gasteiger partial charge in [0.1, 0.15) is 0 Å². The van der Waals surface area contributed by atoms with Crippen LogP contribution in [0.5, 0.6) is 5.75 Å². The lowest BCUT2D eigenvalue weighted by atomic mass is 10.0. The largest absolute Gasteiger partial charge is 0.501 e. The highest BCUT2D eigenvalue weighted by atomic mass is 19.4. The number of aromatic nitrogens is 2. The van der Waals surface area contributed by atoms with Crippen LogP contribution in [-0.2, 0) is 12.6 Å². The molecule has 1 aromatic carbocycles. The summed E-state index contributed by atoms with van der Waals surface area (Å²) in [6.07, 6.45) is -3.86. The van der Waals surface area contributed by atoms with Crippen molar-refractivity contribution in [3.05, 3.63) is 61.9 Å². The van der Waals surface area contributed by atoms with Crippen LogP contribution in [0, 0.1) is 0 Å². The number of nitrogens with one attached hydrogen (secondary N) is 3. The summed E-state index contributed by atoms with van der Waals surface area (Å²) < 4.78 is 38.1. The molecule has 26 heavy (non-hydrogen) atoms. The molecule has 2 rings (SSSR count). The van der Waals surface area contributed by atoms with Crippen LogP contribution in [0.15, 0.2) is 33.9 Å². The molecule has 0 saturated heterocycles. The van der Waals surface area contributed by atoms with Gasteiger partial charge in [-0.1, -0.05) is 18.2 Å². The SMILES string of the molecule is CC(CCc1cccc(C(F)(F)F)c1)NC(=O)c1[nH]c(=O)[nH]c(=O)c1O. The number of carbonyl (C=O) groups excluding carboxylic acids is 1. The first-order valence-electron chi connectivity index (χ1n) is 7.60. The van der Waals surface area contributed by atoms with Gasteiger partial charge in [0.25, 0.3) is 11.5 Å². The molecule has 0 aliphatic carbocycles. The molecule has 1 aromatic heterocycles. The van der Waals surface area contributed by atoms with Crippen molar-refractivity contribution >= 4 is 5.91 Å². The van der Waals surface area contributed by atoms with Crippen LogP contribution in [-0.4, -0.2) is 27.0 Å². The zero-order valence-corrected chi connectivity index (χ0v) is 13.6. The lowest BCUT2D eigenvalue weighted by Crippen LogP contribution is -2.36. The average molecular weight is 371 g/mol. The third-order valence-corrected chi connectivity index (χ3v) is 3.64. The predicted molar refractivity (Wildman–Crippen MR) is 86.0 cm³/mol. The highest BCUT2D eigenvalue weighted by Crippen LogP contribution is 2.29. The lowest BCUT2D eigenvalue weighted by molar-refractivity contribution is -0.137. The number of carbonyl (C=O) groups is 1. The van der Waals surface area contributed by atoms with Crippen molar-refractivity contribution < 1.29 is 23.1 Å². The van der Waals surface area contributed by atoms with Crippen LogP contribution < -0.4 is 16.6 Å². The molecular weight excluding hydrogens is 355 g/mol.